The fourth-order valence-corrected chi connectivity index (χ4v) is 2.73. The Morgan fingerprint density at radius 3 is 2.29 bits per heavy atom. The largest absolute Gasteiger partial charge is 0.368 e. The number of aliphatic hydroxyl groups is 1. The quantitative estimate of drug-likeness (QED) is 0.304. The van der Waals surface area contributed by atoms with Crippen molar-refractivity contribution in [2.75, 3.05) is 6.61 Å². The van der Waals surface area contributed by atoms with E-state index in [9.17, 15) is 24.3 Å². The summed E-state index contributed by atoms with van der Waals surface area (Å²) in [5.41, 5.74) is -1.70. The molecule has 1 heterocycles. The maximum Gasteiger partial charge on any atom is 0.236 e. The van der Waals surface area contributed by atoms with Gasteiger partial charge in [-0.3, -0.25) is 19.2 Å². The van der Waals surface area contributed by atoms with Gasteiger partial charge in [-0.05, 0) is 46.6 Å². The van der Waals surface area contributed by atoms with Crippen LogP contribution < -0.4 is 0 Å². The van der Waals surface area contributed by atoms with E-state index >= 15 is 0 Å². The number of carbonyl (C=O) groups is 4. The molecule has 158 valence electrons. The van der Waals surface area contributed by atoms with Gasteiger partial charge < -0.3 is 14.6 Å². The number of aliphatic hydroxyl groups excluding tert-OH is 1. The van der Waals surface area contributed by atoms with Crippen molar-refractivity contribution < 1.29 is 33.8 Å². The van der Waals surface area contributed by atoms with E-state index in [0.717, 1.165) is 0 Å². The Hall–Kier alpha value is -1.90. The fourth-order valence-electron chi connectivity index (χ4n) is 2.73. The minimum atomic E-state index is -1.07. The molecule has 1 atom stereocenters. The van der Waals surface area contributed by atoms with Crippen molar-refractivity contribution >= 4 is 23.5 Å². The minimum Gasteiger partial charge on any atom is -0.368 e. The Kier molecular flexibility index (Phi) is 8.66. The molecule has 0 saturated carbocycles. The molecule has 0 aromatic heterocycles. The maximum absolute atomic E-state index is 12.4. The predicted molar refractivity (Wildman–Crippen MR) is 101 cm³/mol. The molecular formula is C20H31NO7. The lowest BCUT2D eigenvalue weighted by atomic mass is 9.98. The SMILES string of the molecule is C=CC(O)OC(C)(C)CCOC(C)(C)C(=O)CCCC(=O)N1C(=O)CCC1=O. The molecule has 0 aliphatic carbocycles. The van der Waals surface area contributed by atoms with E-state index in [4.69, 9.17) is 9.47 Å². The smallest absolute Gasteiger partial charge is 0.236 e. The van der Waals surface area contributed by atoms with Crippen molar-refractivity contribution in [3.8, 4) is 0 Å². The standard InChI is InChI=1S/C20H31NO7/c1-6-18(26)28-19(2,3)12-13-27-20(4,5)14(22)8-7-9-15(23)21-16(24)10-11-17(21)25/h6,18,26H,1,7-13H2,2-5H3. The number of carbonyl (C=O) groups excluding carboxylic acids is 4. The molecule has 3 amide bonds. The molecule has 28 heavy (non-hydrogen) atoms. The molecule has 0 aromatic rings. The third kappa shape index (κ3) is 7.26. The van der Waals surface area contributed by atoms with Crippen LogP contribution in [0.1, 0.15) is 66.2 Å². The Morgan fingerprint density at radius 2 is 1.75 bits per heavy atom. The molecule has 0 aromatic carbocycles. The van der Waals surface area contributed by atoms with E-state index in [2.05, 4.69) is 6.58 Å². The molecule has 8 heteroatoms. The highest BCUT2D eigenvalue weighted by Gasteiger charge is 2.34. The summed E-state index contributed by atoms with van der Waals surface area (Å²) < 4.78 is 11.1. The number of ketones is 1. The van der Waals surface area contributed by atoms with E-state index in [-0.39, 0.29) is 44.5 Å². The van der Waals surface area contributed by atoms with Gasteiger partial charge in [-0.1, -0.05) is 6.58 Å². The van der Waals surface area contributed by atoms with Crippen LogP contribution in [0, 0.1) is 0 Å². The van der Waals surface area contributed by atoms with E-state index in [1.165, 1.54) is 6.08 Å². The molecule has 1 unspecified atom stereocenters. The zero-order valence-electron chi connectivity index (χ0n) is 17.2. The van der Waals surface area contributed by atoms with Gasteiger partial charge in [0, 0.05) is 25.7 Å². The number of amides is 3. The highest BCUT2D eigenvalue weighted by atomic mass is 16.6. The van der Waals surface area contributed by atoms with Gasteiger partial charge in [0.2, 0.25) is 17.7 Å². The second-order valence-electron chi connectivity index (χ2n) is 7.91. The number of ether oxygens (including phenoxy) is 2. The number of nitrogens with zero attached hydrogens (tertiary/aromatic N) is 1. The third-order valence-electron chi connectivity index (χ3n) is 4.58. The van der Waals surface area contributed by atoms with Gasteiger partial charge in [-0.25, -0.2) is 4.90 Å². The zero-order valence-corrected chi connectivity index (χ0v) is 17.2. The number of imide groups is 3. The molecule has 1 rings (SSSR count). The lowest BCUT2D eigenvalue weighted by Crippen LogP contribution is -2.38. The highest BCUT2D eigenvalue weighted by Crippen LogP contribution is 2.21. The number of rotatable bonds is 12. The summed E-state index contributed by atoms with van der Waals surface area (Å²) in [4.78, 5) is 48.2. The molecule has 0 bridgehead atoms. The summed E-state index contributed by atoms with van der Waals surface area (Å²) in [5, 5.41) is 9.49. The summed E-state index contributed by atoms with van der Waals surface area (Å²) in [6, 6.07) is 0. The van der Waals surface area contributed by atoms with Gasteiger partial charge in [-0.2, -0.15) is 0 Å². The molecule has 1 fully saturated rings. The molecule has 1 aliphatic rings. The molecule has 0 spiro atoms. The van der Waals surface area contributed by atoms with Crippen LogP contribution in [-0.4, -0.2) is 57.6 Å². The van der Waals surface area contributed by atoms with Gasteiger partial charge in [0.1, 0.15) is 5.60 Å². The van der Waals surface area contributed by atoms with Crippen molar-refractivity contribution in [2.24, 2.45) is 0 Å². The van der Waals surface area contributed by atoms with Gasteiger partial charge in [0.25, 0.3) is 0 Å². The summed E-state index contributed by atoms with van der Waals surface area (Å²) in [6.45, 7) is 10.6. The van der Waals surface area contributed by atoms with Crippen molar-refractivity contribution in [1.29, 1.82) is 0 Å². The number of Topliss-reactive ketones (excluding diaryl/α,β-unsaturated/α-hetero) is 1. The molecule has 8 nitrogen and oxygen atoms in total. The minimum absolute atomic E-state index is 0.0421. The average molecular weight is 397 g/mol. The Labute approximate surface area is 165 Å². The van der Waals surface area contributed by atoms with E-state index in [1.807, 2.05) is 0 Å². The topological polar surface area (TPSA) is 110 Å². The second kappa shape index (κ2) is 10.0. The van der Waals surface area contributed by atoms with Crippen LogP contribution in [0.2, 0.25) is 0 Å². The van der Waals surface area contributed by atoms with Crippen LogP contribution in [0.5, 0.6) is 0 Å². The van der Waals surface area contributed by atoms with Gasteiger partial charge in [0.05, 0.1) is 12.2 Å². The first kappa shape index (κ1) is 24.1. The van der Waals surface area contributed by atoms with Gasteiger partial charge >= 0.3 is 0 Å². The third-order valence-corrected chi connectivity index (χ3v) is 4.58. The first-order chi connectivity index (χ1) is 12.9. The maximum atomic E-state index is 12.4. The predicted octanol–water partition coefficient (Wildman–Crippen LogP) is 1.89. The number of hydrogen-bond acceptors (Lipinski definition) is 7. The van der Waals surface area contributed by atoms with Crippen molar-refractivity contribution in [2.45, 2.75) is 83.7 Å². The number of hydrogen-bond donors (Lipinski definition) is 1. The average Bonchev–Trinajstić information content (AvgIpc) is 2.92. The first-order valence-electron chi connectivity index (χ1n) is 9.44. The lowest BCUT2D eigenvalue weighted by Gasteiger charge is -2.30. The molecule has 1 N–H and O–H groups in total. The van der Waals surface area contributed by atoms with Crippen LogP contribution in [0.4, 0.5) is 0 Å². The van der Waals surface area contributed by atoms with Crippen LogP contribution in [0.3, 0.4) is 0 Å². The summed E-state index contributed by atoms with van der Waals surface area (Å²) in [7, 11) is 0. The molecule has 0 radical (unpaired) electrons. The molecule has 1 aliphatic heterocycles. The lowest BCUT2D eigenvalue weighted by molar-refractivity contribution is -0.162. The van der Waals surface area contributed by atoms with Gasteiger partial charge in [0.15, 0.2) is 12.1 Å². The fraction of sp³-hybridized carbons (Fsp3) is 0.700. The Balaban J connectivity index is 2.39. The summed E-state index contributed by atoms with van der Waals surface area (Å²) in [6.07, 6.45) is 1.08. The first-order valence-corrected chi connectivity index (χ1v) is 9.44. The summed E-state index contributed by atoms with van der Waals surface area (Å²) in [5.74, 6) is -1.68. The Morgan fingerprint density at radius 1 is 1.18 bits per heavy atom. The highest BCUT2D eigenvalue weighted by molar-refractivity contribution is 6.15. The van der Waals surface area contributed by atoms with Crippen LogP contribution >= 0.6 is 0 Å². The van der Waals surface area contributed by atoms with Crippen molar-refractivity contribution in [3.05, 3.63) is 12.7 Å². The van der Waals surface area contributed by atoms with Crippen molar-refractivity contribution in [1.82, 2.24) is 4.90 Å². The van der Waals surface area contributed by atoms with Crippen molar-refractivity contribution in [3.63, 3.8) is 0 Å². The summed E-state index contributed by atoms with van der Waals surface area (Å²) >= 11 is 0. The van der Waals surface area contributed by atoms with E-state index < -0.39 is 35.2 Å². The van der Waals surface area contributed by atoms with E-state index in [0.29, 0.717) is 11.3 Å². The normalized spacial score (nSPS) is 16.4. The second-order valence-corrected chi connectivity index (χ2v) is 7.91. The Bertz CT molecular complexity index is 608. The van der Waals surface area contributed by atoms with Crippen LogP contribution in [0.25, 0.3) is 0 Å². The van der Waals surface area contributed by atoms with E-state index in [1.54, 1.807) is 27.7 Å². The molecule has 1 saturated heterocycles. The van der Waals surface area contributed by atoms with Gasteiger partial charge in [-0.15, -0.1) is 0 Å². The monoisotopic (exact) mass is 397 g/mol. The molecular weight excluding hydrogens is 366 g/mol. The van der Waals surface area contributed by atoms with Crippen LogP contribution in [0.15, 0.2) is 12.7 Å². The number of likely N-dealkylation sites (tertiary alicyclic amines) is 1. The zero-order chi connectivity index (χ0) is 21.5. The van der Waals surface area contributed by atoms with Crippen LogP contribution in [-0.2, 0) is 28.7 Å².